The summed E-state index contributed by atoms with van der Waals surface area (Å²) in [6.07, 6.45) is -0.153. The van der Waals surface area contributed by atoms with Crippen molar-refractivity contribution in [2.75, 3.05) is 20.2 Å². The summed E-state index contributed by atoms with van der Waals surface area (Å²) >= 11 is 0. The van der Waals surface area contributed by atoms with E-state index >= 15 is 0 Å². The van der Waals surface area contributed by atoms with Gasteiger partial charge in [0.25, 0.3) is 5.91 Å². The molecule has 0 aliphatic carbocycles. The largest absolute Gasteiger partial charge is 0.497 e. The van der Waals surface area contributed by atoms with Gasteiger partial charge in [-0.25, -0.2) is 9.69 Å². The Morgan fingerprint density at radius 1 is 1.20 bits per heavy atom. The third kappa shape index (κ3) is 3.31. The van der Waals surface area contributed by atoms with Gasteiger partial charge in [0.15, 0.2) is 5.69 Å². The average Bonchev–Trinajstić information content (AvgIpc) is 3.15. The number of hydrogen-bond donors (Lipinski definition) is 0. The van der Waals surface area contributed by atoms with Crippen molar-refractivity contribution in [3.63, 3.8) is 0 Å². The van der Waals surface area contributed by atoms with Crippen LogP contribution in [-0.2, 0) is 12.6 Å². The number of allylic oxidation sites excluding steroid dienone is 1. The highest BCUT2D eigenvalue weighted by molar-refractivity contribution is 5.97. The van der Waals surface area contributed by atoms with E-state index in [1.165, 1.54) is 36.4 Å². The number of amides is 1. The molecule has 3 heterocycles. The summed E-state index contributed by atoms with van der Waals surface area (Å²) in [6.45, 7) is 0.228. The molecule has 4 rings (SSSR count). The Hall–Kier alpha value is -3.63. The Kier molecular flexibility index (Phi) is 4.80. The monoisotopic (exact) mass is 419 g/mol. The van der Waals surface area contributed by atoms with Crippen molar-refractivity contribution in [3.8, 4) is 11.4 Å². The molecule has 0 fully saturated rings. The predicted octanol–water partition coefficient (Wildman–Crippen LogP) is 3.29. The number of alkyl halides is 3. The lowest BCUT2D eigenvalue weighted by Gasteiger charge is -2.30. The average molecular weight is 419 g/mol. The molecule has 30 heavy (non-hydrogen) atoms. The van der Waals surface area contributed by atoms with Crippen molar-refractivity contribution in [2.45, 2.75) is 12.6 Å². The number of benzene rings is 1. The van der Waals surface area contributed by atoms with Crippen LogP contribution in [0.1, 0.15) is 21.7 Å². The van der Waals surface area contributed by atoms with Crippen molar-refractivity contribution in [1.29, 1.82) is 0 Å². The van der Waals surface area contributed by atoms with Crippen LogP contribution in [0.3, 0.4) is 0 Å². The second-order valence-corrected chi connectivity index (χ2v) is 6.64. The van der Waals surface area contributed by atoms with E-state index < -0.39 is 17.8 Å². The highest BCUT2D eigenvalue weighted by atomic mass is 19.4. The lowest BCUT2D eigenvalue weighted by Crippen LogP contribution is -2.38. The molecule has 2 aliphatic rings. The minimum atomic E-state index is -4.69. The van der Waals surface area contributed by atoms with E-state index in [1.54, 1.807) is 18.2 Å². The Morgan fingerprint density at radius 2 is 1.93 bits per heavy atom. The van der Waals surface area contributed by atoms with Gasteiger partial charge < -0.3 is 9.64 Å². The molecule has 11 heteroatoms. The fourth-order valence-corrected chi connectivity index (χ4v) is 3.48. The predicted molar refractivity (Wildman–Crippen MR) is 99.6 cm³/mol. The molecule has 8 nitrogen and oxygen atoms in total. The molecule has 0 bridgehead atoms. The summed E-state index contributed by atoms with van der Waals surface area (Å²) in [4.78, 5) is 25.2. The number of aromatic nitrogens is 2. The van der Waals surface area contributed by atoms with Gasteiger partial charge in [-0.1, -0.05) is 0 Å². The molecule has 1 amide bonds. The van der Waals surface area contributed by atoms with Crippen LogP contribution in [0.15, 0.2) is 53.6 Å². The van der Waals surface area contributed by atoms with Crippen LogP contribution >= 0.6 is 0 Å². The zero-order valence-electron chi connectivity index (χ0n) is 15.8. The molecule has 0 N–H and O–H groups in total. The first kappa shape index (κ1) is 19.7. The molecule has 0 spiro atoms. The summed E-state index contributed by atoms with van der Waals surface area (Å²) in [5.41, 5.74) is -0.533. The number of methoxy groups -OCH3 is 1. The summed E-state index contributed by atoms with van der Waals surface area (Å²) < 4.78 is 46.9. The van der Waals surface area contributed by atoms with Gasteiger partial charge in [0, 0.05) is 24.0 Å². The Bertz CT molecular complexity index is 1060. The van der Waals surface area contributed by atoms with Crippen molar-refractivity contribution >= 4 is 5.91 Å². The summed E-state index contributed by atoms with van der Waals surface area (Å²) in [6, 6.07) is 6.22. The van der Waals surface area contributed by atoms with E-state index in [4.69, 9.17) is 4.74 Å². The summed E-state index contributed by atoms with van der Waals surface area (Å²) in [7, 11) is 1.47. The minimum Gasteiger partial charge on any atom is -0.497 e. The third-order valence-corrected chi connectivity index (χ3v) is 4.92. The highest BCUT2D eigenvalue weighted by Crippen LogP contribution is 2.37. The Balaban J connectivity index is 1.78. The molecule has 2 aromatic rings. The van der Waals surface area contributed by atoms with Crippen LogP contribution in [0.25, 0.3) is 5.69 Å². The van der Waals surface area contributed by atoms with Gasteiger partial charge in [0.05, 0.1) is 24.6 Å². The fraction of sp³-hybridized carbons (Fsp3) is 0.263. The van der Waals surface area contributed by atoms with Crippen LogP contribution < -0.4 is 4.74 Å². The topological polar surface area (TPSA) is 80.0 Å². The number of nitrogens with zero attached hydrogens (tertiary/aromatic N) is 5. The first-order valence-electron chi connectivity index (χ1n) is 8.97. The standard InChI is InChI=1S/C19H16F3N5O3/c1-30-14-4-2-13(3-5-14)27-16-15(17(23-27)19(20,21)22)8-11-26(18(16)28)12-6-9-25(24-29)10-7-12/h2-7,9H,8,10-11H2,1H3. The van der Waals surface area contributed by atoms with Gasteiger partial charge in [-0.15, -0.1) is 4.91 Å². The van der Waals surface area contributed by atoms with Gasteiger partial charge >= 0.3 is 6.18 Å². The van der Waals surface area contributed by atoms with Gasteiger partial charge in [-0.05, 0) is 42.8 Å². The molecular formula is C19H16F3N5O3. The third-order valence-electron chi connectivity index (χ3n) is 4.92. The zero-order chi connectivity index (χ0) is 21.5. The minimum absolute atomic E-state index is 0.00705. The SMILES string of the molecule is COc1ccc(-n2nc(C(F)(F)F)c3c2C(=O)N(C2=CCN(N=O)C=C2)CC3)cc1. The van der Waals surface area contributed by atoms with E-state index in [9.17, 15) is 22.9 Å². The quantitative estimate of drug-likeness (QED) is 0.711. The van der Waals surface area contributed by atoms with E-state index in [-0.39, 0.29) is 30.8 Å². The lowest BCUT2D eigenvalue weighted by atomic mass is 10.0. The van der Waals surface area contributed by atoms with Crippen molar-refractivity contribution < 1.29 is 22.7 Å². The second-order valence-electron chi connectivity index (χ2n) is 6.64. The maximum atomic E-state index is 13.6. The van der Waals surface area contributed by atoms with Crippen LogP contribution in [0.4, 0.5) is 13.2 Å². The summed E-state index contributed by atoms with van der Waals surface area (Å²) in [5.74, 6) is -0.0758. The fourth-order valence-electron chi connectivity index (χ4n) is 3.48. The molecule has 1 aromatic carbocycles. The number of carbonyl (C=O) groups excluding carboxylic acids is 1. The molecule has 0 saturated heterocycles. The number of nitroso groups, excluding NO2 is 1. The van der Waals surface area contributed by atoms with E-state index in [2.05, 4.69) is 10.4 Å². The Labute approximate surface area is 168 Å². The number of ether oxygens (including phenoxy) is 1. The van der Waals surface area contributed by atoms with Crippen LogP contribution in [-0.4, -0.2) is 45.8 Å². The van der Waals surface area contributed by atoms with Crippen LogP contribution in [0.2, 0.25) is 0 Å². The Morgan fingerprint density at radius 3 is 2.50 bits per heavy atom. The molecular weight excluding hydrogens is 403 g/mol. The molecule has 0 atom stereocenters. The normalized spacial score (nSPS) is 16.4. The number of hydrogen-bond acceptors (Lipinski definition) is 5. The maximum Gasteiger partial charge on any atom is 0.435 e. The number of carbonyl (C=O) groups is 1. The number of fused-ring (bicyclic) bond motifs is 1. The first-order valence-corrected chi connectivity index (χ1v) is 8.97. The van der Waals surface area contributed by atoms with E-state index in [0.717, 1.165) is 9.69 Å². The van der Waals surface area contributed by atoms with Crippen molar-refractivity contribution in [2.24, 2.45) is 5.29 Å². The molecule has 2 aliphatic heterocycles. The molecule has 0 radical (unpaired) electrons. The zero-order valence-corrected chi connectivity index (χ0v) is 15.8. The van der Waals surface area contributed by atoms with Gasteiger partial charge in [0.2, 0.25) is 0 Å². The molecule has 1 aromatic heterocycles. The van der Waals surface area contributed by atoms with Gasteiger partial charge in [-0.3, -0.25) is 4.79 Å². The lowest BCUT2D eigenvalue weighted by molar-refractivity contribution is -0.142. The van der Waals surface area contributed by atoms with Gasteiger partial charge in [-0.2, -0.15) is 18.3 Å². The smallest absolute Gasteiger partial charge is 0.435 e. The van der Waals surface area contributed by atoms with Crippen molar-refractivity contribution in [1.82, 2.24) is 19.7 Å². The highest BCUT2D eigenvalue weighted by Gasteiger charge is 2.43. The maximum absolute atomic E-state index is 13.6. The summed E-state index contributed by atoms with van der Waals surface area (Å²) in [5, 5.41) is 7.66. The van der Waals surface area contributed by atoms with Crippen LogP contribution in [0, 0.1) is 4.91 Å². The first-order chi connectivity index (χ1) is 14.3. The molecule has 0 saturated carbocycles. The van der Waals surface area contributed by atoms with Crippen LogP contribution in [0.5, 0.6) is 5.75 Å². The van der Waals surface area contributed by atoms with E-state index in [0.29, 0.717) is 17.1 Å². The second kappa shape index (κ2) is 7.32. The number of rotatable bonds is 4. The van der Waals surface area contributed by atoms with E-state index in [1.807, 2.05) is 0 Å². The van der Waals surface area contributed by atoms with Crippen molar-refractivity contribution in [3.05, 3.63) is 70.2 Å². The molecule has 156 valence electrons. The van der Waals surface area contributed by atoms with Gasteiger partial charge in [0.1, 0.15) is 11.4 Å². The molecule has 0 unspecified atom stereocenters. The number of halogens is 3.